The van der Waals surface area contributed by atoms with E-state index in [1.54, 1.807) is 0 Å². The van der Waals surface area contributed by atoms with Gasteiger partial charge in [-0.1, -0.05) is 0 Å². The third-order valence-corrected chi connectivity index (χ3v) is 1.48. The first-order valence-electron chi connectivity index (χ1n) is 3.72. The van der Waals surface area contributed by atoms with Crippen LogP contribution >= 0.6 is 0 Å². The van der Waals surface area contributed by atoms with Crippen molar-refractivity contribution in [3.8, 4) is 0 Å². The second kappa shape index (κ2) is 3.69. The number of carboxylic acids is 1. The summed E-state index contributed by atoms with van der Waals surface area (Å²) in [5, 5.41) is 11.9. The molecule has 4 nitrogen and oxygen atoms in total. The van der Waals surface area contributed by atoms with Gasteiger partial charge in [0.25, 0.3) is 0 Å². The van der Waals surface area contributed by atoms with Crippen molar-refractivity contribution in [3.05, 3.63) is 18.0 Å². The lowest BCUT2D eigenvalue weighted by Crippen LogP contribution is -2.13. The fourth-order valence-corrected chi connectivity index (χ4v) is 0.842. The number of alkyl halides is 3. The Kier molecular flexibility index (Phi) is 2.78. The molecule has 0 aliphatic carbocycles. The number of carbonyl (C=O) groups is 1. The summed E-state index contributed by atoms with van der Waals surface area (Å²) in [6.07, 6.45) is -4.07. The van der Waals surface area contributed by atoms with Crippen LogP contribution in [0.5, 0.6) is 0 Å². The van der Waals surface area contributed by atoms with Gasteiger partial charge in [0.1, 0.15) is 0 Å². The fraction of sp³-hybridized carbons (Fsp3) is 0.429. The van der Waals surface area contributed by atoms with Crippen LogP contribution in [0.1, 0.15) is 16.9 Å². The molecule has 14 heavy (non-hydrogen) atoms. The molecule has 1 aromatic heterocycles. The van der Waals surface area contributed by atoms with Crippen LogP contribution in [0, 0.1) is 0 Å². The lowest BCUT2D eigenvalue weighted by Gasteiger charge is -2.05. The predicted molar refractivity (Wildman–Crippen MR) is 39.9 cm³/mol. The van der Waals surface area contributed by atoms with Crippen molar-refractivity contribution in [2.45, 2.75) is 19.1 Å². The van der Waals surface area contributed by atoms with E-state index < -0.39 is 18.6 Å². The Morgan fingerprint density at radius 2 is 2.21 bits per heavy atom. The molecule has 78 valence electrons. The maximum Gasteiger partial charge on any atom is 0.390 e. The van der Waals surface area contributed by atoms with Crippen LogP contribution in [0.2, 0.25) is 0 Å². The Hall–Kier alpha value is -1.53. The van der Waals surface area contributed by atoms with Crippen molar-refractivity contribution in [3.63, 3.8) is 0 Å². The second-order valence-corrected chi connectivity index (χ2v) is 2.63. The van der Waals surface area contributed by atoms with Gasteiger partial charge >= 0.3 is 12.1 Å². The zero-order valence-electron chi connectivity index (χ0n) is 6.95. The molecule has 0 bridgehead atoms. The van der Waals surface area contributed by atoms with Crippen molar-refractivity contribution in [2.75, 3.05) is 0 Å². The highest BCUT2D eigenvalue weighted by atomic mass is 19.4. The number of rotatable bonds is 3. The molecule has 0 saturated heterocycles. The quantitative estimate of drug-likeness (QED) is 0.819. The summed E-state index contributed by atoms with van der Waals surface area (Å²) < 4.78 is 36.2. The first kappa shape index (κ1) is 10.6. The SMILES string of the molecule is O=C(O)c1ccn(CCC(F)(F)F)n1. The number of nitrogens with zero attached hydrogens (tertiary/aromatic N) is 2. The van der Waals surface area contributed by atoms with Gasteiger partial charge in [-0.25, -0.2) is 4.79 Å². The molecular weight excluding hydrogens is 201 g/mol. The minimum Gasteiger partial charge on any atom is -0.476 e. The van der Waals surface area contributed by atoms with Gasteiger partial charge in [0, 0.05) is 12.7 Å². The summed E-state index contributed by atoms with van der Waals surface area (Å²) in [5.41, 5.74) is -0.257. The summed E-state index contributed by atoms with van der Waals surface area (Å²) >= 11 is 0. The molecule has 0 aliphatic rings. The van der Waals surface area contributed by atoms with E-state index in [0.29, 0.717) is 0 Å². The average Bonchev–Trinajstić information content (AvgIpc) is 2.47. The summed E-state index contributed by atoms with van der Waals surface area (Å²) in [6, 6.07) is 1.15. The Labute approximate surface area is 77.0 Å². The monoisotopic (exact) mass is 208 g/mol. The maximum atomic E-state index is 11.7. The molecule has 0 atom stereocenters. The smallest absolute Gasteiger partial charge is 0.390 e. The Morgan fingerprint density at radius 3 is 2.64 bits per heavy atom. The second-order valence-electron chi connectivity index (χ2n) is 2.63. The van der Waals surface area contributed by atoms with Gasteiger partial charge in [0.2, 0.25) is 0 Å². The van der Waals surface area contributed by atoms with E-state index in [2.05, 4.69) is 5.10 Å². The van der Waals surface area contributed by atoms with E-state index in [0.717, 1.165) is 10.7 Å². The summed E-state index contributed by atoms with van der Waals surface area (Å²) in [7, 11) is 0. The molecular formula is C7H7F3N2O2. The molecule has 7 heteroatoms. The molecule has 0 unspecified atom stereocenters. The van der Waals surface area contributed by atoms with E-state index in [9.17, 15) is 18.0 Å². The first-order chi connectivity index (χ1) is 6.38. The number of halogens is 3. The molecule has 1 rings (SSSR count). The third kappa shape index (κ3) is 3.08. The number of aromatic carboxylic acids is 1. The van der Waals surface area contributed by atoms with Crippen LogP contribution in [0.15, 0.2) is 12.3 Å². The predicted octanol–water partition coefficient (Wildman–Crippen LogP) is 1.53. The van der Waals surface area contributed by atoms with Crippen molar-refractivity contribution < 1.29 is 23.1 Å². The molecule has 0 spiro atoms. The molecule has 0 amide bonds. The molecule has 1 aromatic rings. The van der Waals surface area contributed by atoms with Crippen LogP contribution < -0.4 is 0 Å². The Bertz CT molecular complexity index is 332. The average molecular weight is 208 g/mol. The van der Waals surface area contributed by atoms with Gasteiger partial charge in [-0.15, -0.1) is 0 Å². The van der Waals surface area contributed by atoms with E-state index in [1.165, 1.54) is 6.20 Å². The van der Waals surface area contributed by atoms with E-state index in [1.807, 2.05) is 0 Å². The largest absolute Gasteiger partial charge is 0.476 e. The zero-order valence-corrected chi connectivity index (χ0v) is 6.95. The number of aryl methyl sites for hydroxylation is 1. The normalized spacial score (nSPS) is 11.6. The highest BCUT2D eigenvalue weighted by molar-refractivity contribution is 5.84. The number of aromatic nitrogens is 2. The van der Waals surface area contributed by atoms with Crippen molar-refractivity contribution in [2.24, 2.45) is 0 Å². The Morgan fingerprint density at radius 1 is 1.57 bits per heavy atom. The molecule has 0 aromatic carbocycles. The van der Waals surface area contributed by atoms with Gasteiger partial charge in [0.15, 0.2) is 5.69 Å². The molecule has 0 saturated carbocycles. The molecule has 0 aliphatic heterocycles. The van der Waals surface area contributed by atoms with Crippen LogP contribution in [-0.2, 0) is 6.54 Å². The van der Waals surface area contributed by atoms with E-state index >= 15 is 0 Å². The zero-order chi connectivity index (χ0) is 10.8. The van der Waals surface area contributed by atoms with Gasteiger partial charge in [-0.3, -0.25) is 4.68 Å². The van der Waals surface area contributed by atoms with Crippen molar-refractivity contribution in [1.82, 2.24) is 9.78 Å². The number of hydrogen-bond acceptors (Lipinski definition) is 2. The first-order valence-corrected chi connectivity index (χ1v) is 3.72. The van der Waals surface area contributed by atoms with Gasteiger partial charge in [0.05, 0.1) is 6.42 Å². The van der Waals surface area contributed by atoms with E-state index in [4.69, 9.17) is 5.11 Å². The summed E-state index contributed by atoms with van der Waals surface area (Å²) in [5.74, 6) is -1.25. The number of carboxylic acid groups (broad SMARTS) is 1. The number of hydrogen-bond donors (Lipinski definition) is 1. The topological polar surface area (TPSA) is 55.1 Å². The van der Waals surface area contributed by atoms with Crippen molar-refractivity contribution >= 4 is 5.97 Å². The van der Waals surface area contributed by atoms with Gasteiger partial charge < -0.3 is 5.11 Å². The minimum absolute atomic E-state index is 0.257. The van der Waals surface area contributed by atoms with Crippen LogP contribution in [-0.4, -0.2) is 27.0 Å². The fourth-order valence-electron chi connectivity index (χ4n) is 0.842. The van der Waals surface area contributed by atoms with Crippen molar-refractivity contribution in [1.29, 1.82) is 0 Å². The van der Waals surface area contributed by atoms with Crippen LogP contribution in [0.3, 0.4) is 0 Å². The summed E-state index contributed by atoms with van der Waals surface area (Å²) in [4.78, 5) is 10.3. The van der Waals surface area contributed by atoms with Gasteiger partial charge in [-0.2, -0.15) is 18.3 Å². The molecule has 1 N–H and O–H groups in total. The molecule has 0 radical (unpaired) electrons. The maximum absolute atomic E-state index is 11.7. The highest BCUT2D eigenvalue weighted by Gasteiger charge is 2.26. The van der Waals surface area contributed by atoms with Crippen LogP contribution in [0.25, 0.3) is 0 Å². The summed E-state index contributed by atoms with van der Waals surface area (Å²) in [6.45, 7) is -0.364. The van der Waals surface area contributed by atoms with Crippen LogP contribution in [0.4, 0.5) is 13.2 Å². The molecule has 0 fully saturated rings. The minimum atomic E-state index is -4.25. The molecule has 1 heterocycles. The van der Waals surface area contributed by atoms with Gasteiger partial charge in [-0.05, 0) is 6.07 Å². The Balaban J connectivity index is 2.56. The third-order valence-electron chi connectivity index (χ3n) is 1.48. The standard InChI is InChI=1S/C7H7F3N2O2/c8-7(9,10)2-4-12-3-1-5(11-12)6(13)14/h1,3H,2,4H2,(H,13,14). The van der Waals surface area contributed by atoms with E-state index in [-0.39, 0.29) is 12.2 Å². The lowest BCUT2D eigenvalue weighted by molar-refractivity contribution is -0.137. The lowest BCUT2D eigenvalue weighted by atomic mass is 10.4. The highest BCUT2D eigenvalue weighted by Crippen LogP contribution is 2.19.